The van der Waals surface area contributed by atoms with Crippen molar-refractivity contribution in [1.29, 1.82) is 0 Å². The minimum atomic E-state index is -0.464. The fourth-order valence-electron chi connectivity index (χ4n) is 3.65. The predicted octanol–water partition coefficient (Wildman–Crippen LogP) is 1.87. The first-order valence-corrected chi connectivity index (χ1v) is 8.11. The van der Waals surface area contributed by atoms with Crippen LogP contribution in [0.15, 0.2) is 0 Å². The summed E-state index contributed by atoms with van der Waals surface area (Å²) in [6, 6.07) is 0.582. The van der Waals surface area contributed by atoms with Gasteiger partial charge in [-0.25, -0.2) is 0 Å². The van der Waals surface area contributed by atoms with Gasteiger partial charge >= 0.3 is 0 Å². The van der Waals surface area contributed by atoms with Gasteiger partial charge in [-0.2, -0.15) is 0 Å². The van der Waals surface area contributed by atoms with Gasteiger partial charge in [0.1, 0.15) is 0 Å². The molecule has 0 aliphatic carbocycles. The molecule has 0 unspecified atom stereocenters. The Morgan fingerprint density at radius 1 is 1.20 bits per heavy atom. The molecule has 0 aromatic heterocycles. The van der Waals surface area contributed by atoms with Crippen LogP contribution in [0.1, 0.15) is 52.9 Å². The van der Waals surface area contributed by atoms with E-state index in [0.29, 0.717) is 12.0 Å². The van der Waals surface area contributed by atoms with Gasteiger partial charge in [0.25, 0.3) is 0 Å². The van der Waals surface area contributed by atoms with Gasteiger partial charge in [-0.15, -0.1) is 0 Å². The number of likely N-dealkylation sites (tertiary alicyclic amines) is 2. The largest absolute Gasteiger partial charge is 0.390 e. The van der Waals surface area contributed by atoms with Crippen molar-refractivity contribution in [2.75, 3.05) is 26.2 Å². The summed E-state index contributed by atoms with van der Waals surface area (Å²) in [5.74, 6) is 0.772. The molecule has 4 heteroatoms. The lowest BCUT2D eigenvalue weighted by Crippen LogP contribution is -2.48. The molecule has 20 heavy (non-hydrogen) atoms. The normalized spacial score (nSPS) is 25.1. The molecule has 1 N–H and O–H groups in total. The van der Waals surface area contributed by atoms with Crippen LogP contribution in [0.25, 0.3) is 0 Å². The van der Waals surface area contributed by atoms with Crippen LogP contribution in [0, 0.1) is 5.92 Å². The first-order chi connectivity index (χ1) is 9.39. The van der Waals surface area contributed by atoms with Gasteiger partial charge in [-0.3, -0.25) is 4.79 Å². The summed E-state index contributed by atoms with van der Waals surface area (Å²) in [4.78, 5) is 15.7. The summed E-state index contributed by atoms with van der Waals surface area (Å²) in [6.07, 6.45) is 4.83. The predicted molar refractivity (Wildman–Crippen MR) is 80.5 cm³/mol. The summed E-state index contributed by atoms with van der Waals surface area (Å²) < 4.78 is 0. The average molecular weight is 282 g/mol. The number of nitrogens with zero attached hydrogens (tertiary/aromatic N) is 2. The van der Waals surface area contributed by atoms with Crippen LogP contribution in [-0.2, 0) is 4.79 Å². The maximum atomic E-state index is 11.3. The molecular weight excluding hydrogens is 252 g/mol. The van der Waals surface area contributed by atoms with Crippen LogP contribution in [0.3, 0.4) is 0 Å². The van der Waals surface area contributed by atoms with Crippen LogP contribution in [0.2, 0.25) is 0 Å². The second-order valence-electron chi connectivity index (χ2n) is 7.01. The molecule has 116 valence electrons. The standard InChI is InChI=1S/C16H30N2O2/c1-13(2)17-10-6-16(20,7-11-17)12-15-4-8-18(9-5-15)14(3)19/h13,15,20H,4-12H2,1-3H3. The molecule has 2 saturated heterocycles. The minimum absolute atomic E-state index is 0.187. The van der Waals surface area contributed by atoms with E-state index in [1.807, 2.05) is 4.90 Å². The Bertz CT molecular complexity index is 327. The monoisotopic (exact) mass is 282 g/mol. The van der Waals surface area contributed by atoms with Crippen molar-refractivity contribution in [1.82, 2.24) is 9.80 Å². The fraction of sp³-hybridized carbons (Fsp3) is 0.938. The third-order valence-electron chi connectivity index (χ3n) is 5.19. The van der Waals surface area contributed by atoms with Gasteiger partial charge < -0.3 is 14.9 Å². The summed E-state index contributed by atoms with van der Waals surface area (Å²) in [7, 11) is 0. The molecule has 0 radical (unpaired) electrons. The van der Waals surface area contributed by atoms with Gasteiger partial charge in [0, 0.05) is 39.1 Å². The molecule has 0 aromatic carbocycles. The summed E-state index contributed by atoms with van der Waals surface area (Å²) in [6.45, 7) is 9.86. The van der Waals surface area contributed by atoms with E-state index < -0.39 is 5.60 Å². The molecular formula is C16H30N2O2. The van der Waals surface area contributed by atoms with Gasteiger partial charge in [0.2, 0.25) is 5.91 Å². The first kappa shape index (κ1) is 15.8. The lowest BCUT2D eigenvalue weighted by Gasteiger charge is -2.42. The van der Waals surface area contributed by atoms with Crippen molar-refractivity contribution in [2.24, 2.45) is 5.92 Å². The highest BCUT2D eigenvalue weighted by Gasteiger charge is 2.36. The first-order valence-electron chi connectivity index (χ1n) is 8.11. The fourth-order valence-corrected chi connectivity index (χ4v) is 3.65. The molecule has 2 heterocycles. The smallest absolute Gasteiger partial charge is 0.219 e. The van der Waals surface area contributed by atoms with Crippen molar-refractivity contribution in [2.45, 2.75) is 64.5 Å². The maximum absolute atomic E-state index is 11.3. The lowest BCUT2D eigenvalue weighted by atomic mass is 9.79. The second kappa shape index (κ2) is 6.44. The van der Waals surface area contributed by atoms with Crippen LogP contribution < -0.4 is 0 Å². The van der Waals surface area contributed by atoms with E-state index in [0.717, 1.165) is 58.3 Å². The maximum Gasteiger partial charge on any atom is 0.219 e. The highest BCUT2D eigenvalue weighted by molar-refractivity contribution is 5.73. The SMILES string of the molecule is CC(=O)N1CCC(CC2(O)CCN(C(C)C)CC2)CC1. The summed E-state index contributed by atoms with van der Waals surface area (Å²) in [5, 5.41) is 10.8. The zero-order valence-electron chi connectivity index (χ0n) is 13.3. The van der Waals surface area contributed by atoms with E-state index in [9.17, 15) is 9.90 Å². The number of hydrogen-bond donors (Lipinski definition) is 1. The van der Waals surface area contributed by atoms with E-state index in [2.05, 4.69) is 18.7 Å². The van der Waals surface area contributed by atoms with Gasteiger partial charge in [-0.1, -0.05) is 0 Å². The van der Waals surface area contributed by atoms with E-state index in [1.165, 1.54) is 0 Å². The van der Waals surface area contributed by atoms with Crippen LogP contribution in [0.4, 0.5) is 0 Å². The molecule has 0 aromatic rings. The van der Waals surface area contributed by atoms with Gasteiger partial charge in [0.05, 0.1) is 5.60 Å². The van der Waals surface area contributed by atoms with Crippen molar-refractivity contribution >= 4 is 5.91 Å². The van der Waals surface area contributed by atoms with E-state index in [-0.39, 0.29) is 5.91 Å². The highest BCUT2D eigenvalue weighted by Crippen LogP contribution is 2.33. The Kier molecular flexibility index (Phi) is 5.08. The number of rotatable bonds is 3. The van der Waals surface area contributed by atoms with E-state index >= 15 is 0 Å². The third-order valence-corrected chi connectivity index (χ3v) is 5.19. The number of carbonyl (C=O) groups is 1. The molecule has 2 aliphatic heterocycles. The molecule has 2 fully saturated rings. The van der Waals surface area contributed by atoms with Crippen molar-refractivity contribution < 1.29 is 9.90 Å². The van der Waals surface area contributed by atoms with Crippen LogP contribution in [-0.4, -0.2) is 58.6 Å². The third kappa shape index (κ3) is 3.95. The Morgan fingerprint density at radius 2 is 1.75 bits per heavy atom. The summed E-state index contributed by atoms with van der Waals surface area (Å²) in [5.41, 5.74) is -0.464. The van der Waals surface area contributed by atoms with E-state index in [4.69, 9.17) is 0 Å². The van der Waals surface area contributed by atoms with Crippen molar-refractivity contribution in [3.8, 4) is 0 Å². The van der Waals surface area contributed by atoms with Crippen LogP contribution >= 0.6 is 0 Å². The zero-order valence-corrected chi connectivity index (χ0v) is 13.3. The topological polar surface area (TPSA) is 43.8 Å². The number of piperidine rings is 2. The Hall–Kier alpha value is -0.610. The molecule has 2 rings (SSSR count). The van der Waals surface area contributed by atoms with Gasteiger partial charge in [0.15, 0.2) is 0 Å². The number of carbonyl (C=O) groups excluding carboxylic acids is 1. The second-order valence-corrected chi connectivity index (χ2v) is 7.01. The Morgan fingerprint density at radius 3 is 2.20 bits per heavy atom. The Balaban J connectivity index is 1.78. The van der Waals surface area contributed by atoms with Gasteiger partial charge in [-0.05, 0) is 51.9 Å². The molecule has 2 aliphatic rings. The molecule has 1 amide bonds. The number of hydrogen-bond acceptors (Lipinski definition) is 3. The number of aliphatic hydroxyl groups is 1. The average Bonchev–Trinajstić information content (AvgIpc) is 2.39. The number of amides is 1. The van der Waals surface area contributed by atoms with E-state index in [1.54, 1.807) is 6.92 Å². The highest BCUT2D eigenvalue weighted by atomic mass is 16.3. The lowest BCUT2D eigenvalue weighted by molar-refractivity contribution is -0.130. The van der Waals surface area contributed by atoms with Crippen molar-refractivity contribution in [3.05, 3.63) is 0 Å². The summed E-state index contributed by atoms with van der Waals surface area (Å²) >= 11 is 0. The minimum Gasteiger partial charge on any atom is -0.390 e. The molecule has 0 atom stereocenters. The molecule has 0 spiro atoms. The van der Waals surface area contributed by atoms with Crippen LogP contribution in [0.5, 0.6) is 0 Å². The molecule has 0 bridgehead atoms. The molecule has 4 nitrogen and oxygen atoms in total. The molecule has 0 saturated carbocycles. The quantitative estimate of drug-likeness (QED) is 0.859. The zero-order chi connectivity index (χ0) is 14.8. The Labute approximate surface area is 123 Å². The van der Waals surface area contributed by atoms with Crippen molar-refractivity contribution in [3.63, 3.8) is 0 Å².